The van der Waals surface area contributed by atoms with E-state index < -0.39 is 0 Å². The molecule has 0 saturated heterocycles. The molecule has 1 amide bonds. The molecule has 0 radical (unpaired) electrons. The van der Waals surface area contributed by atoms with Gasteiger partial charge in [-0.3, -0.25) is 4.79 Å². The third kappa shape index (κ3) is 5.65. The van der Waals surface area contributed by atoms with Gasteiger partial charge in [0.05, 0.1) is 11.4 Å². The molecule has 0 spiro atoms. The van der Waals surface area contributed by atoms with Crippen LogP contribution in [-0.2, 0) is 4.79 Å². The predicted molar refractivity (Wildman–Crippen MR) is 152 cm³/mol. The highest BCUT2D eigenvalue weighted by Crippen LogP contribution is 2.29. The number of halogens is 1. The average molecular weight is 532 g/mol. The fraction of sp³-hybridized carbons (Fsp3) is 0. The van der Waals surface area contributed by atoms with Gasteiger partial charge in [-0.25, -0.2) is 0 Å². The molecule has 5 heteroatoms. The lowest BCUT2D eigenvalue weighted by Crippen LogP contribution is -2.13. The normalized spacial score (nSPS) is 11.6. The molecule has 5 rings (SSSR count). The lowest BCUT2D eigenvalue weighted by atomic mass is 9.96. The maximum Gasteiger partial charge on any atom is 0.256 e. The second-order valence-corrected chi connectivity index (χ2v) is 9.09. The van der Waals surface area contributed by atoms with Crippen LogP contribution in [0.4, 0.5) is 17.1 Å². The van der Waals surface area contributed by atoms with Crippen molar-refractivity contribution in [3.8, 4) is 0 Å². The minimum Gasteiger partial charge on any atom is -0.322 e. The summed E-state index contributed by atoms with van der Waals surface area (Å²) in [5.41, 5.74) is 4.57. The lowest BCUT2D eigenvalue weighted by Gasteiger charge is -2.13. The van der Waals surface area contributed by atoms with E-state index in [0.717, 1.165) is 32.1 Å². The zero-order valence-corrected chi connectivity index (χ0v) is 20.9. The molecule has 174 valence electrons. The molecular formula is C31H22BrN3O. The Kier molecular flexibility index (Phi) is 7.10. The highest BCUT2D eigenvalue weighted by atomic mass is 79.9. The molecule has 0 heterocycles. The maximum absolute atomic E-state index is 13.6. The summed E-state index contributed by atoms with van der Waals surface area (Å²) in [5.74, 6) is -0.187. The van der Waals surface area contributed by atoms with Gasteiger partial charge in [0.25, 0.3) is 5.91 Å². The van der Waals surface area contributed by atoms with Crippen LogP contribution in [0.3, 0.4) is 0 Å². The average Bonchev–Trinajstić information content (AvgIpc) is 2.92. The molecule has 0 aliphatic heterocycles. The Balaban J connectivity index is 1.44. The Morgan fingerprint density at radius 2 is 1.31 bits per heavy atom. The fourth-order valence-electron chi connectivity index (χ4n) is 3.87. The van der Waals surface area contributed by atoms with Crippen molar-refractivity contribution in [2.24, 2.45) is 10.2 Å². The molecule has 4 nitrogen and oxygen atoms in total. The van der Waals surface area contributed by atoms with E-state index in [-0.39, 0.29) is 5.91 Å². The zero-order valence-electron chi connectivity index (χ0n) is 19.3. The summed E-state index contributed by atoms with van der Waals surface area (Å²) in [6, 6.07) is 38.9. The number of hydrogen-bond donors (Lipinski definition) is 1. The molecular weight excluding hydrogens is 510 g/mol. The van der Waals surface area contributed by atoms with E-state index in [1.165, 1.54) is 0 Å². The van der Waals surface area contributed by atoms with Crippen LogP contribution in [0.15, 0.2) is 136 Å². The quantitative estimate of drug-likeness (QED) is 0.132. The van der Waals surface area contributed by atoms with Gasteiger partial charge in [0, 0.05) is 15.7 Å². The van der Waals surface area contributed by atoms with Gasteiger partial charge in [-0.15, -0.1) is 0 Å². The number of hydrogen-bond acceptors (Lipinski definition) is 3. The first-order chi connectivity index (χ1) is 17.7. The van der Waals surface area contributed by atoms with Crippen molar-refractivity contribution in [3.05, 3.63) is 137 Å². The number of benzene rings is 5. The minimum absolute atomic E-state index is 0.187. The Bertz CT molecular complexity index is 1550. The molecule has 0 aliphatic rings. The third-order valence-electron chi connectivity index (χ3n) is 5.67. The van der Waals surface area contributed by atoms with E-state index in [0.29, 0.717) is 16.9 Å². The highest BCUT2D eigenvalue weighted by Gasteiger charge is 2.15. The van der Waals surface area contributed by atoms with Gasteiger partial charge in [-0.2, -0.15) is 10.2 Å². The molecule has 0 aliphatic carbocycles. The Labute approximate surface area is 218 Å². The van der Waals surface area contributed by atoms with E-state index in [2.05, 4.69) is 43.6 Å². The fourth-order valence-corrected chi connectivity index (χ4v) is 4.14. The van der Waals surface area contributed by atoms with E-state index in [1.807, 2.05) is 115 Å². The van der Waals surface area contributed by atoms with Gasteiger partial charge in [-0.1, -0.05) is 88.7 Å². The molecule has 0 fully saturated rings. The number of carbonyl (C=O) groups is 1. The Morgan fingerprint density at radius 3 is 2.06 bits per heavy atom. The van der Waals surface area contributed by atoms with Gasteiger partial charge in [0.15, 0.2) is 0 Å². The van der Waals surface area contributed by atoms with Crippen molar-refractivity contribution in [3.63, 3.8) is 0 Å². The summed E-state index contributed by atoms with van der Waals surface area (Å²) in [4.78, 5) is 13.6. The van der Waals surface area contributed by atoms with E-state index in [9.17, 15) is 4.79 Å². The van der Waals surface area contributed by atoms with Crippen molar-refractivity contribution in [2.75, 3.05) is 5.32 Å². The smallest absolute Gasteiger partial charge is 0.256 e. The minimum atomic E-state index is -0.187. The van der Waals surface area contributed by atoms with Crippen LogP contribution in [0.2, 0.25) is 0 Å². The standard InChI is InChI=1S/C31H22BrN3O/c32-24-15-13-22(14-16-24)21-30(29-12-6-8-23-7-4-5-11-28(23)29)31(36)33-25-17-19-27(20-18-25)35-34-26-9-2-1-3-10-26/h1-21H,(H,33,36). The number of fused-ring (bicyclic) bond motifs is 1. The molecule has 36 heavy (non-hydrogen) atoms. The number of carbonyl (C=O) groups excluding carboxylic acids is 1. The van der Waals surface area contributed by atoms with Crippen LogP contribution < -0.4 is 5.32 Å². The van der Waals surface area contributed by atoms with Crippen molar-refractivity contribution < 1.29 is 4.79 Å². The number of nitrogens with zero attached hydrogens (tertiary/aromatic N) is 2. The van der Waals surface area contributed by atoms with Gasteiger partial charge >= 0.3 is 0 Å². The molecule has 1 N–H and O–H groups in total. The first kappa shape index (κ1) is 23.4. The zero-order chi connectivity index (χ0) is 24.7. The van der Waals surface area contributed by atoms with E-state index in [1.54, 1.807) is 0 Å². The maximum atomic E-state index is 13.6. The third-order valence-corrected chi connectivity index (χ3v) is 6.20. The number of amides is 1. The van der Waals surface area contributed by atoms with Gasteiger partial charge in [-0.05, 0) is 76.5 Å². The Morgan fingerprint density at radius 1 is 0.667 bits per heavy atom. The molecule has 0 atom stereocenters. The SMILES string of the molecule is O=C(Nc1ccc(N=Nc2ccccc2)cc1)C(=Cc1ccc(Br)cc1)c1cccc2ccccc12. The topological polar surface area (TPSA) is 53.8 Å². The largest absolute Gasteiger partial charge is 0.322 e. The molecule has 0 saturated carbocycles. The van der Waals surface area contributed by atoms with Crippen LogP contribution in [0.5, 0.6) is 0 Å². The molecule has 5 aromatic rings. The van der Waals surface area contributed by atoms with Crippen molar-refractivity contribution in [2.45, 2.75) is 0 Å². The summed E-state index contributed by atoms with van der Waals surface area (Å²) < 4.78 is 0.986. The Hall–Kier alpha value is -4.35. The second-order valence-electron chi connectivity index (χ2n) is 8.17. The summed E-state index contributed by atoms with van der Waals surface area (Å²) in [6.45, 7) is 0. The van der Waals surface area contributed by atoms with E-state index in [4.69, 9.17) is 0 Å². The lowest BCUT2D eigenvalue weighted by molar-refractivity contribution is -0.111. The summed E-state index contributed by atoms with van der Waals surface area (Å²) in [6.07, 6.45) is 1.92. The highest BCUT2D eigenvalue weighted by molar-refractivity contribution is 9.10. The monoisotopic (exact) mass is 531 g/mol. The van der Waals surface area contributed by atoms with Crippen LogP contribution in [0, 0.1) is 0 Å². The summed E-state index contributed by atoms with van der Waals surface area (Å²) >= 11 is 3.48. The molecule has 0 aromatic heterocycles. The second kappa shape index (κ2) is 10.9. The van der Waals surface area contributed by atoms with Crippen molar-refractivity contribution >= 4 is 61.3 Å². The van der Waals surface area contributed by atoms with Crippen LogP contribution in [0.1, 0.15) is 11.1 Å². The van der Waals surface area contributed by atoms with Crippen LogP contribution >= 0.6 is 15.9 Å². The molecule has 0 unspecified atom stereocenters. The van der Waals surface area contributed by atoms with Crippen molar-refractivity contribution in [1.82, 2.24) is 0 Å². The van der Waals surface area contributed by atoms with Gasteiger partial charge in [0.2, 0.25) is 0 Å². The number of nitrogens with one attached hydrogen (secondary N) is 1. The summed E-state index contributed by atoms with van der Waals surface area (Å²) in [7, 11) is 0. The molecule has 0 bridgehead atoms. The number of anilines is 1. The number of azo groups is 1. The van der Waals surface area contributed by atoms with Gasteiger partial charge < -0.3 is 5.32 Å². The van der Waals surface area contributed by atoms with Crippen molar-refractivity contribution in [1.29, 1.82) is 0 Å². The van der Waals surface area contributed by atoms with Crippen LogP contribution in [0.25, 0.3) is 22.4 Å². The molecule has 5 aromatic carbocycles. The van der Waals surface area contributed by atoms with Crippen LogP contribution in [-0.4, -0.2) is 5.91 Å². The van der Waals surface area contributed by atoms with Gasteiger partial charge in [0.1, 0.15) is 0 Å². The first-order valence-electron chi connectivity index (χ1n) is 11.5. The first-order valence-corrected chi connectivity index (χ1v) is 12.3. The predicted octanol–water partition coefficient (Wildman–Crippen LogP) is 9.20. The summed E-state index contributed by atoms with van der Waals surface area (Å²) in [5, 5.41) is 13.7. The number of rotatable bonds is 6. The van der Waals surface area contributed by atoms with E-state index >= 15 is 0 Å².